The molecule has 50 heavy (non-hydrogen) atoms. The molecule has 2 unspecified atom stereocenters. The highest BCUT2D eigenvalue weighted by atomic mass is 19.4. The Morgan fingerprint density at radius 3 is 2.44 bits per heavy atom. The second kappa shape index (κ2) is 15.6. The first-order valence-corrected chi connectivity index (χ1v) is 15.8. The third-order valence-electron chi connectivity index (χ3n) is 8.52. The average molecular weight is 713 g/mol. The number of piperidine rings is 1. The van der Waals surface area contributed by atoms with Crippen LogP contribution in [0.25, 0.3) is 6.08 Å². The molecule has 1 saturated heterocycles. The van der Waals surface area contributed by atoms with Gasteiger partial charge in [0.2, 0.25) is 0 Å². The monoisotopic (exact) mass is 712 g/mol. The number of rotatable bonds is 10. The van der Waals surface area contributed by atoms with Crippen molar-refractivity contribution in [2.75, 3.05) is 38.7 Å². The Hall–Kier alpha value is -4.44. The third kappa shape index (κ3) is 9.62. The van der Waals surface area contributed by atoms with Crippen LogP contribution in [0.1, 0.15) is 36.1 Å². The van der Waals surface area contributed by atoms with E-state index in [1.807, 2.05) is 11.4 Å². The molecule has 0 spiro atoms. The maximum absolute atomic E-state index is 14.5. The Bertz CT molecular complexity index is 1670. The summed E-state index contributed by atoms with van der Waals surface area (Å²) < 4.78 is 111. The Morgan fingerprint density at radius 2 is 1.74 bits per heavy atom. The van der Waals surface area contributed by atoms with E-state index in [2.05, 4.69) is 15.6 Å². The zero-order chi connectivity index (χ0) is 36.1. The molecule has 2 heterocycles. The number of hydrogen-bond donors (Lipinski definition) is 3. The lowest BCUT2D eigenvalue weighted by atomic mass is 9.89. The molecule has 270 valence electrons. The molecule has 5 rings (SSSR count). The molecule has 1 aliphatic heterocycles. The van der Waals surface area contributed by atoms with Crippen molar-refractivity contribution in [3.63, 3.8) is 0 Å². The summed E-state index contributed by atoms with van der Waals surface area (Å²) in [5.41, 5.74) is -1.36. The zero-order valence-corrected chi connectivity index (χ0v) is 26.8. The van der Waals surface area contributed by atoms with Gasteiger partial charge in [0.1, 0.15) is 30.0 Å². The highest BCUT2D eigenvalue weighted by Gasteiger charge is 2.42. The van der Waals surface area contributed by atoms with Crippen molar-refractivity contribution < 1.29 is 54.5 Å². The lowest BCUT2D eigenvalue weighted by molar-refractivity contribution is -0.136. The predicted octanol–water partition coefficient (Wildman–Crippen LogP) is 5.78. The second-order valence-electron chi connectivity index (χ2n) is 12.2. The van der Waals surface area contributed by atoms with Gasteiger partial charge in [0.25, 0.3) is 0 Å². The summed E-state index contributed by atoms with van der Waals surface area (Å²) in [6.07, 6.45) is -4.82. The average Bonchev–Trinajstić information content (AvgIpc) is 3.07. The number of fused-ring (bicyclic) bond motifs is 1. The highest BCUT2D eigenvalue weighted by molar-refractivity contribution is 6.39. The molecule has 0 radical (unpaired) electrons. The van der Waals surface area contributed by atoms with Crippen molar-refractivity contribution in [3.8, 4) is 5.75 Å². The van der Waals surface area contributed by atoms with Gasteiger partial charge in [-0.3, -0.25) is 14.6 Å². The van der Waals surface area contributed by atoms with E-state index in [0.29, 0.717) is 42.2 Å². The van der Waals surface area contributed by atoms with Crippen molar-refractivity contribution in [2.45, 2.75) is 50.7 Å². The maximum Gasteiger partial charge on any atom is 0.416 e. The van der Waals surface area contributed by atoms with E-state index in [9.17, 15) is 40.3 Å². The van der Waals surface area contributed by atoms with E-state index in [1.54, 1.807) is 19.4 Å². The number of allylic oxidation sites excluding steroid dienone is 3. The van der Waals surface area contributed by atoms with E-state index in [1.165, 1.54) is 6.07 Å². The summed E-state index contributed by atoms with van der Waals surface area (Å²) in [6.45, 7) is 1.65. The summed E-state index contributed by atoms with van der Waals surface area (Å²) in [6, 6.07) is 5.10. The van der Waals surface area contributed by atoms with Crippen molar-refractivity contribution in [2.24, 2.45) is 11.8 Å². The molecule has 2 amide bonds. The van der Waals surface area contributed by atoms with Crippen LogP contribution in [-0.4, -0.2) is 68.6 Å². The molecular weight excluding hydrogens is 677 g/mol. The van der Waals surface area contributed by atoms with Gasteiger partial charge in [0.15, 0.2) is 0 Å². The van der Waals surface area contributed by atoms with E-state index in [0.717, 1.165) is 43.6 Å². The molecule has 9 nitrogen and oxygen atoms in total. The van der Waals surface area contributed by atoms with Gasteiger partial charge in [0, 0.05) is 49.2 Å². The Morgan fingerprint density at radius 1 is 0.980 bits per heavy atom. The fourth-order valence-corrected chi connectivity index (χ4v) is 5.92. The summed E-state index contributed by atoms with van der Waals surface area (Å²) in [7, 11) is 1.58. The number of alkyl halides is 6. The quantitative estimate of drug-likeness (QED) is 0.212. The van der Waals surface area contributed by atoms with Gasteiger partial charge < -0.3 is 30.2 Å². The minimum atomic E-state index is -5.04. The van der Waals surface area contributed by atoms with Gasteiger partial charge in [-0.05, 0) is 80.1 Å². The third-order valence-corrected chi connectivity index (χ3v) is 8.52. The van der Waals surface area contributed by atoms with E-state index in [-0.39, 0.29) is 30.0 Å². The molecule has 3 aliphatic rings. The lowest BCUT2D eigenvalue weighted by Crippen LogP contribution is -2.38. The van der Waals surface area contributed by atoms with Gasteiger partial charge in [-0.1, -0.05) is 6.08 Å². The summed E-state index contributed by atoms with van der Waals surface area (Å²) in [5.74, 6) is -3.21. The largest absolute Gasteiger partial charge is 0.495 e. The van der Waals surface area contributed by atoms with Crippen LogP contribution in [0.5, 0.6) is 5.75 Å². The minimum absolute atomic E-state index is 0.0234. The van der Waals surface area contributed by atoms with Crippen LogP contribution in [0, 0.1) is 17.7 Å². The Kier molecular flexibility index (Phi) is 11.5. The van der Waals surface area contributed by atoms with Crippen molar-refractivity contribution in [3.05, 3.63) is 82.2 Å². The number of methoxy groups -OCH3 is 1. The molecule has 3 N–H and O–H groups in total. The number of nitrogens with zero attached hydrogens (tertiary/aromatic N) is 1. The Balaban J connectivity index is 1.19. The van der Waals surface area contributed by atoms with Crippen molar-refractivity contribution in [1.29, 1.82) is 0 Å². The molecule has 16 heteroatoms. The number of amides is 2. The van der Waals surface area contributed by atoms with Crippen molar-refractivity contribution in [1.82, 2.24) is 15.6 Å². The number of hydrogen-bond acceptors (Lipinski definition) is 7. The highest BCUT2D eigenvalue weighted by Crippen LogP contribution is 2.40. The molecular formula is C34H35F7N4O5. The standard InChI is InChI=1S/C34H35F7N4O5/c1-48-29-14-26-27(15-30(29)50-17-19-2-5-42-6-3-19)43-7-4-28(26)49-18-21-10-24(35)13-25(11-21)45-32(47)31(46)44-16-20-8-22(33(36,37)38)12-23(9-20)34(39,40)41/h4,7-8,10-13,15,19-20,29,42H,2-3,5-6,9,14,16-18H2,1H3,(H,44,46)(H,45,47). The topological polar surface area (TPSA) is 111 Å². The zero-order valence-electron chi connectivity index (χ0n) is 26.8. The molecule has 0 bridgehead atoms. The molecule has 1 aromatic heterocycles. The summed E-state index contributed by atoms with van der Waals surface area (Å²) in [4.78, 5) is 29.4. The number of halogens is 7. The summed E-state index contributed by atoms with van der Waals surface area (Å²) >= 11 is 0. The van der Waals surface area contributed by atoms with E-state index in [4.69, 9.17) is 14.2 Å². The molecule has 2 aromatic rings. The van der Waals surface area contributed by atoms with Crippen molar-refractivity contribution >= 4 is 23.6 Å². The SMILES string of the molecule is COC1Cc2c(OCc3cc(F)cc(NC(=O)C(=O)NCC4C=C(C(F)(F)F)C=C(C(F)(F)F)C4)c3)ccnc2C=C1OCC1CCNCC1. The first-order chi connectivity index (χ1) is 23.7. The second-order valence-corrected chi connectivity index (χ2v) is 12.2. The van der Waals surface area contributed by atoms with E-state index >= 15 is 0 Å². The smallest absolute Gasteiger partial charge is 0.416 e. The maximum atomic E-state index is 14.5. The van der Waals surface area contributed by atoms with Crippen LogP contribution in [0.4, 0.5) is 36.4 Å². The molecule has 0 saturated carbocycles. The van der Waals surface area contributed by atoms with Crippen LogP contribution in [0.3, 0.4) is 0 Å². The molecule has 1 fully saturated rings. The van der Waals surface area contributed by atoms with Gasteiger partial charge in [0.05, 0.1) is 17.9 Å². The normalized spacial score (nSPS) is 19.8. The number of aromatic nitrogens is 1. The van der Waals surface area contributed by atoms with Gasteiger partial charge in [-0.25, -0.2) is 4.39 Å². The van der Waals surface area contributed by atoms with Gasteiger partial charge >= 0.3 is 24.2 Å². The number of carbonyl (C=O) groups is 2. The first-order valence-electron chi connectivity index (χ1n) is 15.8. The van der Waals surface area contributed by atoms with Crippen LogP contribution < -0.4 is 20.7 Å². The van der Waals surface area contributed by atoms with Crippen LogP contribution in [-0.2, 0) is 32.1 Å². The van der Waals surface area contributed by atoms with Gasteiger partial charge in [-0.2, -0.15) is 26.3 Å². The fourth-order valence-electron chi connectivity index (χ4n) is 5.92. The molecule has 2 atom stereocenters. The number of benzene rings is 1. The Labute approximate surface area is 282 Å². The molecule has 1 aromatic carbocycles. The van der Waals surface area contributed by atoms with Crippen LogP contribution in [0.2, 0.25) is 0 Å². The lowest BCUT2D eigenvalue weighted by Gasteiger charge is -2.28. The fraction of sp³-hybridized carbons (Fsp3) is 0.441. The van der Waals surface area contributed by atoms with Crippen LogP contribution >= 0.6 is 0 Å². The van der Waals surface area contributed by atoms with Gasteiger partial charge in [-0.15, -0.1) is 0 Å². The molecule has 2 aliphatic carbocycles. The first kappa shape index (κ1) is 36.8. The number of nitrogens with one attached hydrogen (secondary N) is 3. The van der Waals surface area contributed by atoms with Crippen LogP contribution in [0.15, 0.2) is 59.5 Å². The summed E-state index contributed by atoms with van der Waals surface area (Å²) in [5, 5.41) is 7.57. The minimum Gasteiger partial charge on any atom is -0.495 e. The number of pyridine rings is 1. The number of carbonyl (C=O) groups excluding carboxylic acids is 2. The predicted molar refractivity (Wildman–Crippen MR) is 167 cm³/mol. The number of ether oxygens (including phenoxy) is 3. The number of anilines is 1. The van der Waals surface area contributed by atoms with E-state index < -0.39 is 60.0 Å².